The highest BCUT2D eigenvalue weighted by atomic mass is 35.5. The summed E-state index contributed by atoms with van der Waals surface area (Å²) in [6.45, 7) is 0.283. The van der Waals surface area contributed by atoms with E-state index in [4.69, 9.17) is 17.3 Å². The highest BCUT2D eigenvalue weighted by molar-refractivity contribution is 7.89. The van der Waals surface area contributed by atoms with E-state index in [9.17, 15) is 16.8 Å². The topological polar surface area (TPSA) is 139 Å². The maximum absolute atomic E-state index is 14.1. The van der Waals surface area contributed by atoms with Gasteiger partial charge in [-0.2, -0.15) is 8.61 Å². The molecule has 232 valence electrons. The number of nitrogens with one attached hydrogen (secondary N) is 1. The lowest BCUT2D eigenvalue weighted by Gasteiger charge is -2.35. The van der Waals surface area contributed by atoms with Crippen molar-refractivity contribution in [2.24, 2.45) is 5.73 Å². The fourth-order valence-electron chi connectivity index (χ4n) is 5.99. The van der Waals surface area contributed by atoms with E-state index in [0.717, 1.165) is 44.1 Å². The van der Waals surface area contributed by atoms with E-state index in [1.165, 1.54) is 28.6 Å². The third-order valence-corrected chi connectivity index (χ3v) is 12.5. The van der Waals surface area contributed by atoms with Gasteiger partial charge in [-0.25, -0.2) is 26.8 Å². The summed E-state index contributed by atoms with van der Waals surface area (Å²) in [7, 11) is -6.20. The van der Waals surface area contributed by atoms with Gasteiger partial charge in [0.15, 0.2) is 0 Å². The smallest absolute Gasteiger partial charge is 0.243 e. The Bertz CT molecular complexity index is 1590. The number of sulfonamides is 2. The molecule has 5 rings (SSSR count). The predicted molar refractivity (Wildman–Crippen MR) is 167 cm³/mol. The molecule has 13 heteroatoms. The van der Waals surface area contributed by atoms with E-state index in [1.807, 2.05) is 12.1 Å². The molecular weight excluding hydrogens is 608 g/mol. The van der Waals surface area contributed by atoms with Crippen molar-refractivity contribution in [1.29, 1.82) is 0 Å². The first-order chi connectivity index (χ1) is 20.6. The van der Waals surface area contributed by atoms with Crippen molar-refractivity contribution in [3.05, 3.63) is 77.1 Å². The van der Waals surface area contributed by atoms with Gasteiger partial charge in [-0.05, 0) is 86.6 Å². The quantitative estimate of drug-likeness (QED) is 0.304. The number of aromatic nitrogens is 2. The molecule has 2 aliphatic rings. The van der Waals surface area contributed by atoms with Crippen LogP contribution in [0.3, 0.4) is 0 Å². The van der Waals surface area contributed by atoms with E-state index in [1.54, 1.807) is 35.7 Å². The van der Waals surface area contributed by atoms with Gasteiger partial charge >= 0.3 is 0 Å². The zero-order valence-corrected chi connectivity index (χ0v) is 26.7. The molecule has 2 saturated carbocycles. The highest BCUT2D eigenvalue weighted by Gasteiger charge is 2.36. The number of halogens is 1. The van der Waals surface area contributed by atoms with Gasteiger partial charge in [-0.15, -0.1) is 0 Å². The van der Waals surface area contributed by atoms with Gasteiger partial charge < -0.3 is 11.1 Å². The van der Waals surface area contributed by atoms with Crippen LogP contribution in [-0.2, 0) is 33.1 Å². The first kappa shape index (κ1) is 31.8. The van der Waals surface area contributed by atoms with Crippen molar-refractivity contribution in [1.82, 2.24) is 18.6 Å². The molecule has 1 aromatic heterocycles. The lowest BCUT2D eigenvalue weighted by atomic mass is 9.92. The van der Waals surface area contributed by atoms with Gasteiger partial charge in [-0.1, -0.05) is 36.6 Å². The van der Waals surface area contributed by atoms with E-state index in [-0.39, 0.29) is 41.0 Å². The second-order valence-corrected chi connectivity index (χ2v) is 15.5. The number of rotatable bonds is 11. The summed E-state index contributed by atoms with van der Waals surface area (Å²) in [4.78, 5) is 8.69. The Morgan fingerprint density at radius 2 is 1.33 bits per heavy atom. The third-order valence-electron chi connectivity index (χ3n) is 8.42. The Hall–Kier alpha value is -2.61. The van der Waals surface area contributed by atoms with Gasteiger partial charge in [-0.3, -0.25) is 0 Å². The number of anilines is 1. The Balaban J connectivity index is 1.44. The maximum Gasteiger partial charge on any atom is 0.243 e. The summed E-state index contributed by atoms with van der Waals surface area (Å²) in [6.07, 6.45) is 7.84. The van der Waals surface area contributed by atoms with Gasteiger partial charge in [0.05, 0.1) is 22.0 Å². The molecule has 2 aliphatic carbocycles. The summed E-state index contributed by atoms with van der Waals surface area (Å²) in [5.41, 5.74) is 7.53. The third kappa shape index (κ3) is 7.38. The number of nitrogens with zero attached hydrogens (tertiary/aromatic N) is 4. The highest BCUT2D eigenvalue weighted by Crippen LogP contribution is 2.33. The van der Waals surface area contributed by atoms with Crippen molar-refractivity contribution in [2.45, 2.75) is 92.4 Å². The van der Waals surface area contributed by atoms with Crippen LogP contribution in [0.1, 0.15) is 62.6 Å². The summed E-state index contributed by atoms with van der Waals surface area (Å²) in [5.74, 6) is 0.403. The molecular formula is C30H39ClN6O4S2. The number of benzene rings is 2. The van der Waals surface area contributed by atoms with Crippen LogP contribution in [0.15, 0.2) is 70.6 Å². The molecule has 0 amide bonds. The second-order valence-electron chi connectivity index (χ2n) is 11.3. The van der Waals surface area contributed by atoms with Crippen LogP contribution < -0.4 is 11.1 Å². The minimum Gasteiger partial charge on any atom is -0.357 e. The van der Waals surface area contributed by atoms with Crippen molar-refractivity contribution < 1.29 is 16.8 Å². The van der Waals surface area contributed by atoms with Crippen LogP contribution in [0.4, 0.5) is 5.95 Å². The van der Waals surface area contributed by atoms with Crippen LogP contribution >= 0.6 is 11.6 Å². The molecule has 0 unspecified atom stereocenters. The van der Waals surface area contributed by atoms with Crippen LogP contribution in [-0.4, -0.2) is 60.6 Å². The van der Waals surface area contributed by atoms with Gasteiger partial charge in [0.1, 0.15) is 0 Å². The maximum atomic E-state index is 14.1. The average Bonchev–Trinajstić information content (AvgIpc) is 3.55. The van der Waals surface area contributed by atoms with Crippen LogP contribution in [0.2, 0.25) is 5.02 Å². The SMILES string of the molecule is CNc1nccc(CN([C@H]2CC[C@H](N)CC2)S(=O)(=O)c2ccc(S(=O)(=O)N(Cc3ccc(Cl)cc3)C3CCCC3)cc2)n1. The zero-order chi connectivity index (χ0) is 30.6. The Morgan fingerprint density at radius 1 is 0.791 bits per heavy atom. The second kappa shape index (κ2) is 13.6. The summed E-state index contributed by atoms with van der Waals surface area (Å²) in [5, 5.41) is 3.48. The van der Waals surface area contributed by atoms with Crippen LogP contribution in [0.5, 0.6) is 0 Å². The van der Waals surface area contributed by atoms with Gasteiger partial charge in [0.25, 0.3) is 0 Å². The van der Waals surface area contributed by atoms with Crippen molar-refractivity contribution in [3.63, 3.8) is 0 Å². The number of nitrogens with two attached hydrogens (primary N) is 1. The van der Waals surface area contributed by atoms with Gasteiger partial charge in [0.2, 0.25) is 26.0 Å². The number of hydrogen-bond donors (Lipinski definition) is 2. The lowest BCUT2D eigenvalue weighted by molar-refractivity contribution is 0.233. The first-order valence-electron chi connectivity index (χ1n) is 14.7. The lowest BCUT2D eigenvalue weighted by Crippen LogP contribution is -2.44. The molecule has 10 nitrogen and oxygen atoms in total. The van der Waals surface area contributed by atoms with E-state index < -0.39 is 20.0 Å². The minimum absolute atomic E-state index is 0.0364. The molecule has 0 saturated heterocycles. The van der Waals surface area contributed by atoms with Crippen molar-refractivity contribution >= 4 is 37.6 Å². The van der Waals surface area contributed by atoms with Gasteiger partial charge in [0, 0.05) is 42.9 Å². The molecule has 2 aromatic carbocycles. The molecule has 2 fully saturated rings. The van der Waals surface area contributed by atoms with Crippen LogP contribution in [0, 0.1) is 0 Å². The van der Waals surface area contributed by atoms with Crippen LogP contribution in [0.25, 0.3) is 0 Å². The molecule has 0 aliphatic heterocycles. The minimum atomic E-state index is -4.00. The molecule has 0 bridgehead atoms. The van der Waals surface area contributed by atoms with Crippen molar-refractivity contribution in [3.8, 4) is 0 Å². The predicted octanol–water partition coefficient (Wildman–Crippen LogP) is 4.77. The van der Waals surface area contributed by atoms with E-state index in [2.05, 4.69) is 15.3 Å². The number of hydrogen-bond acceptors (Lipinski definition) is 8. The fraction of sp³-hybridized carbons (Fsp3) is 0.467. The average molecular weight is 647 g/mol. The first-order valence-corrected chi connectivity index (χ1v) is 18.0. The normalized spacial score (nSPS) is 20.1. The molecule has 43 heavy (non-hydrogen) atoms. The summed E-state index contributed by atoms with van der Waals surface area (Å²) < 4.78 is 59.2. The monoisotopic (exact) mass is 646 g/mol. The summed E-state index contributed by atoms with van der Waals surface area (Å²) in [6, 6.07) is 14.2. The van der Waals surface area contributed by atoms with Crippen molar-refractivity contribution in [2.75, 3.05) is 12.4 Å². The standard InChI is InChI=1S/C30H39ClN6O4S2/c1-33-30-34-19-18-25(35-30)21-37(27-12-10-24(32)11-13-27)43(40,41)29-16-14-28(15-17-29)42(38,39)36(26-4-2-3-5-26)20-22-6-8-23(31)9-7-22/h6-9,14-19,24,26-27H,2-5,10-13,20-21,32H2,1H3,(H,33,34,35)/t24-,27-. The Labute approximate surface area is 259 Å². The Kier molecular flexibility index (Phi) is 10.0. The molecule has 1 heterocycles. The van der Waals surface area contributed by atoms with E-state index >= 15 is 0 Å². The molecule has 3 N–H and O–H groups in total. The largest absolute Gasteiger partial charge is 0.357 e. The zero-order valence-electron chi connectivity index (χ0n) is 24.3. The van der Waals surface area contributed by atoms with E-state index in [0.29, 0.717) is 29.5 Å². The Morgan fingerprint density at radius 3 is 1.88 bits per heavy atom. The molecule has 0 spiro atoms. The summed E-state index contributed by atoms with van der Waals surface area (Å²) >= 11 is 6.05. The fourth-order valence-corrected chi connectivity index (χ4v) is 9.45. The molecule has 3 aromatic rings. The molecule has 0 atom stereocenters. The molecule has 0 radical (unpaired) electrons.